The summed E-state index contributed by atoms with van der Waals surface area (Å²) in [7, 11) is 0. The fourth-order valence-electron chi connectivity index (χ4n) is 2.09. The van der Waals surface area contributed by atoms with Gasteiger partial charge < -0.3 is 11.1 Å². The predicted molar refractivity (Wildman–Crippen MR) is 83.7 cm³/mol. The largest absolute Gasteiger partial charge is 0.384 e. The highest BCUT2D eigenvalue weighted by Gasteiger charge is 2.09. The molecule has 0 amide bonds. The van der Waals surface area contributed by atoms with Crippen LogP contribution < -0.4 is 11.1 Å². The maximum absolute atomic E-state index is 12.9. The summed E-state index contributed by atoms with van der Waals surface area (Å²) in [4.78, 5) is 8.69. The lowest BCUT2D eigenvalue weighted by molar-refractivity contribution is 0.626. The molecule has 4 nitrogen and oxygen atoms in total. The maximum Gasteiger partial charge on any atom is 0.135 e. The Morgan fingerprint density at radius 1 is 1.14 bits per heavy atom. The summed E-state index contributed by atoms with van der Waals surface area (Å²) in [6, 6.07) is 8.42. The van der Waals surface area contributed by atoms with Gasteiger partial charge in [0.25, 0.3) is 0 Å². The van der Waals surface area contributed by atoms with E-state index in [0.717, 1.165) is 23.6 Å². The first-order chi connectivity index (χ1) is 9.94. The SMILES string of the molecule is CC(Cc1ccc(F)cc1)Nc1cc(N)nc(C(C)C)n1. The van der Waals surface area contributed by atoms with Crippen molar-refractivity contribution < 1.29 is 4.39 Å². The quantitative estimate of drug-likeness (QED) is 0.885. The van der Waals surface area contributed by atoms with Crippen molar-refractivity contribution in [2.24, 2.45) is 0 Å². The van der Waals surface area contributed by atoms with Gasteiger partial charge in [-0.1, -0.05) is 26.0 Å². The van der Waals surface area contributed by atoms with Gasteiger partial charge in [-0.3, -0.25) is 0 Å². The molecule has 0 aliphatic heterocycles. The van der Waals surface area contributed by atoms with Crippen LogP contribution >= 0.6 is 0 Å². The smallest absolute Gasteiger partial charge is 0.135 e. The topological polar surface area (TPSA) is 63.8 Å². The van der Waals surface area contributed by atoms with E-state index in [4.69, 9.17) is 5.73 Å². The Morgan fingerprint density at radius 3 is 2.43 bits per heavy atom. The maximum atomic E-state index is 12.9. The molecular weight excluding hydrogens is 267 g/mol. The zero-order valence-corrected chi connectivity index (χ0v) is 12.6. The molecule has 1 aromatic heterocycles. The number of halogens is 1. The van der Waals surface area contributed by atoms with E-state index < -0.39 is 0 Å². The molecule has 21 heavy (non-hydrogen) atoms. The molecule has 5 heteroatoms. The Hall–Kier alpha value is -2.17. The summed E-state index contributed by atoms with van der Waals surface area (Å²) in [6.07, 6.45) is 0.779. The third kappa shape index (κ3) is 4.41. The van der Waals surface area contributed by atoms with Crippen LogP contribution in [0.4, 0.5) is 16.0 Å². The molecule has 112 valence electrons. The predicted octanol–water partition coefficient (Wildman–Crippen LogP) is 3.36. The van der Waals surface area contributed by atoms with Crippen molar-refractivity contribution in [2.75, 3.05) is 11.1 Å². The number of rotatable bonds is 5. The van der Waals surface area contributed by atoms with Crippen molar-refractivity contribution in [1.82, 2.24) is 9.97 Å². The van der Waals surface area contributed by atoms with E-state index in [-0.39, 0.29) is 17.8 Å². The van der Waals surface area contributed by atoms with E-state index in [2.05, 4.69) is 22.2 Å². The number of nitrogens with zero attached hydrogens (tertiary/aromatic N) is 2. The molecule has 2 aromatic rings. The van der Waals surface area contributed by atoms with Crippen molar-refractivity contribution in [3.8, 4) is 0 Å². The molecule has 0 radical (unpaired) electrons. The number of nitrogen functional groups attached to an aromatic ring is 1. The molecular formula is C16H21FN4. The van der Waals surface area contributed by atoms with Crippen LogP contribution in [0, 0.1) is 5.82 Å². The Morgan fingerprint density at radius 2 is 1.81 bits per heavy atom. The van der Waals surface area contributed by atoms with Gasteiger partial charge in [0.2, 0.25) is 0 Å². The van der Waals surface area contributed by atoms with E-state index in [0.29, 0.717) is 5.82 Å². The molecule has 0 saturated carbocycles. The second-order valence-electron chi connectivity index (χ2n) is 5.57. The van der Waals surface area contributed by atoms with Gasteiger partial charge in [0, 0.05) is 18.0 Å². The Bertz CT molecular complexity index is 596. The van der Waals surface area contributed by atoms with Crippen molar-refractivity contribution in [1.29, 1.82) is 0 Å². The van der Waals surface area contributed by atoms with E-state index in [1.165, 1.54) is 12.1 Å². The lowest BCUT2D eigenvalue weighted by atomic mass is 10.1. The summed E-state index contributed by atoms with van der Waals surface area (Å²) in [5, 5.41) is 3.32. The van der Waals surface area contributed by atoms with Gasteiger partial charge in [-0.15, -0.1) is 0 Å². The van der Waals surface area contributed by atoms with Gasteiger partial charge in [0.1, 0.15) is 23.3 Å². The van der Waals surface area contributed by atoms with Gasteiger partial charge in [-0.25, -0.2) is 14.4 Å². The van der Waals surface area contributed by atoms with Gasteiger partial charge in [0.05, 0.1) is 0 Å². The average Bonchev–Trinajstić information content (AvgIpc) is 2.40. The lowest BCUT2D eigenvalue weighted by Gasteiger charge is -2.16. The molecule has 1 heterocycles. The van der Waals surface area contributed by atoms with Crippen molar-refractivity contribution in [3.05, 3.63) is 47.5 Å². The highest BCUT2D eigenvalue weighted by atomic mass is 19.1. The summed E-state index contributed by atoms with van der Waals surface area (Å²) in [5.74, 6) is 1.92. The number of anilines is 2. The third-order valence-corrected chi connectivity index (χ3v) is 3.13. The van der Waals surface area contributed by atoms with Crippen LogP contribution in [0.1, 0.15) is 38.1 Å². The van der Waals surface area contributed by atoms with Crippen LogP contribution in [-0.4, -0.2) is 16.0 Å². The Labute approximate surface area is 124 Å². The van der Waals surface area contributed by atoms with Crippen LogP contribution in [0.3, 0.4) is 0 Å². The summed E-state index contributed by atoms with van der Waals surface area (Å²) < 4.78 is 12.9. The molecule has 0 fully saturated rings. The lowest BCUT2D eigenvalue weighted by Crippen LogP contribution is -2.20. The van der Waals surface area contributed by atoms with Gasteiger partial charge >= 0.3 is 0 Å². The zero-order valence-electron chi connectivity index (χ0n) is 12.6. The molecule has 0 saturated heterocycles. The number of hydrogen-bond acceptors (Lipinski definition) is 4. The van der Waals surface area contributed by atoms with Crippen molar-refractivity contribution >= 4 is 11.6 Å². The summed E-state index contributed by atoms with van der Waals surface area (Å²) in [5.41, 5.74) is 6.88. The van der Waals surface area contributed by atoms with Crippen LogP contribution in [-0.2, 0) is 6.42 Å². The van der Waals surface area contributed by atoms with Crippen LogP contribution in [0.2, 0.25) is 0 Å². The number of nitrogens with two attached hydrogens (primary N) is 1. The molecule has 0 spiro atoms. The minimum atomic E-state index is -0.218. The van der Waals surface area contributed by atoms with Crippen molar-refractivity contribution in [3.63, 3.8) is 0 Å². The molecule has 0 aliphatic carbocycles. The van der Waals surface area contributed by atoms with Crippen LogP contribution in [0.15, 0.2) is 30.3 Å². The first kappa shape index (κ1) is 15.2. The molecule has 0 bridgehead atoms. The molecule has 1 atom stereocenters. The molecule has 3 N–H and O–H groups in total. The molecule has 0 aliphatic rings. The zero-order chi connectivity index (χ0) is 15.4. The van der Waals surface area contributed by atoms with Gasteiger partial charge in [0.15, 0.2) is 0 Å². The van der Waals surface area contributed by atoms with E-state index in [1.807, 2.05) is 13.8 Å². The highest BCUT2D eigenvalue weighted by molar-refractivity contribution is 5.45. The number of aromatic nitrogens is 2. The van der Waals surface area contributed by atoms with E-state index in [1.54, 1.807) is 18.2 Å². The molecule has 1 unspecified atom stereocenters. The summed E-state index contributed by atoms with van der Waals surface area (Å²) in [6.45, 7) is 6.11. The van der Waals surface area contributed by atoms with E-state index in [9.17, 15) is 4.39 Å². The molecule has 2 rings (SSSR count). The third-order valence-electron chi connectivity index (χ3n) is 3.13. The van der Waals surface area contributed by atoms with Gasteiger partial charge in [-0.2, -0.15) is 0 Å². The first-order valence-corrected chi connectivity index (χ1v) is 7.09. The highest BCUT2D eigenvalue weighted by Crippen LogP contribution is 2.16. The second-order valence-corrected chi connectivity index (χ2v) is 5.57. The fourth-order valence-corrected chi connectivity index (χ4v) is 2.09. The Balaban J connectivity index is 2.05. The standard InChI is InChI=1S/C16H21FN4/c1-10(2)16-20-14(18)9-15(21-16)19-11(3)8-12-4-6-13(17)7-5-12/h4-7,9-11H,8H2,1-3H3,(H3,18,19,20,21). The van der Waals surface area contributed by atoms with Crippen LogP contribution in [0.25, 0.3) is 0 Å². The number of benzene rings is 1. The minimum Gasteiger partial charge on any atom is -0.384 e. The van der Waals surface area contributed by atoms with Gasteiger partial charge in [-0.05, 0) is 31.0 Å². The number of nitrogens with one attached hydrogen (secondary N) is 1. The Kier molecular flexibility index (Phi) is 4.73. The average molecular weight is 288 g/mol. The van der Waals surface area contributed by atoms with E-state index >= 15 is 0 Å². The molecule has 1 aromatic carbocycles. The normalized spacial score (nSPS) is 12.4. The minimum absolute atomic E-state index is 0.157. The fraction of sp³-hybridized carbons (Fsp3) is 0.375. The second kappa shape index (κ2) is 6.52. The van der Waals surface area contributed by atoms with Crippen LogP contribution in [0.5, 0.6) is 0 Å². The van der Waals surface area contributed by atoms with Crippen molar-refractivity contribution in [2.45, 2.75) is 39.2 Å². The first-order valence-electron chi connectivity index (χ1n) is 7.09. The summed E-state index contributed by atoms with van der Waals surface area (Å²) >= 11 is 0. The monoisotopic (exact) mass is 288 g/mol. The number of hydrogen-bond donors (Lipinski definition) is 2.